The average molecular weight is 221 g/mol. The summed E-state index contributed by atoms with van der Waals surface area (Å²) in [5.41, 5.74) is 1.16. The Morgan fingerprint density at radius 2 is 1.94 bits per heavy atom. The zero-order valence-corrected chi connectivity index (χ0v) is 9.74. The molecule has 1 aliphatic heterocycles. The number of benzene rings is 1. The number of nitrogens with one attached hydrogen (secondary N) is 1. The van der Waals surface area contributed by atoms with E-state index < -0.39 is 0 Å². The molecule has 88 valence electrons. The summed E-state index contributed by atoms with van der Waals surface area (Å²) in [5, 5.41) is 3.45. The smallest absolute Gasteiger partial charge is 0.119 e. The van der Waals surface area contributed by atoms with E-state index in [-0.39, 0.29) is 0 Å². The third kappa shape index (κ3) is 3.14. The van der Waals surface area contributed by atoms with Gasteiger partial charge >= 0.3 is 0 Å². The molecule has 0 bridgehead atoms. The van der Waals surface area contributed by atoms with Crippen molar-refractivity contribution in [2.45, 2.75) is 12.8 Å². The third-order valence-electron chi connectivity index (χ3n) is 3.03. The first-order valence-electron chi connectivity index (χ1n) is 5.84. The molecule has 2 rings (SSSR count). The molecule has 0 atom stereocenters. The highest BCUT2D eigenvalue weighted by atomic mass is 16.5. The van der Waals surface area contributed by atoms with Crippen molar-refractivity contribution in [3.05, 3.63) is 24.3 Å². The van der Waals surface area contributed by atoms with Gasteiger partial charge in [0.05, 0.1) is 7.11 Å². The third-order valence-corrected chi connectivity index (χ3v) is 3.03. The second-order valence-corrected chi connectivity index (χ2v) is 4.17. The molecule has 1 aromatic carbocycles. The molecule has 1 aliphatic rings. The molecule has 0 radical (unpaired) electrons. The topological polar surface area (TPSA) is 30.5 Å². The van der Waals surface area contributed by atoms with Crippen LogP contribution in [0.25, 0.3) is 0 Å². The molecule has 3 heteroatoms. The number of anilines is 1. The van der Waals surface area contributed by atoms with Crippen LogP contribution in [-0.2, 0) is 4.74 Å². The zero-order valence-electron chi connectivity index (χ0n) is 9.74. The summed E-state index contributed by atoms with van der Waals surface area (Å²) >= 11 is 0. The highest BCUT2D eigenvalue weighted by Gasteiger charge is 2.12. The molecule has 0 unspecified atom stereocenters. The minimum absolute atomic E-state index is 0.746. The van der Waals surface area contributed by atoms with Crippen molar-refractivity contribution in [2.24, 2.45) is 5.92 Å². The van der Waals surface area contributed by atoms with Gasteiger partial charge < -0.3 is 14.8 Å². The maximum Gasteiger partial charge on any atom is 0.119 e. The quantitative estimate of drug-likeness (QED) is 0.847. The lowest BCUT2D eigenvalue weighted by molar-refractivity contribution is 0.0699. The Hall–Kier alpha value is -1.22. The Morgan fingerprint density at radius 3 is 2.56 bits per heavy atom. The molecular weight excluding hydrogens is 202 g/mol. The predicted molar refractivity (Wildman–Crippen MR) is 65.0 cm³/mol. The number of rotatable bonds is 4. The summed E-state index contributed by atoms with van der Waals surface area (Å²) in [6, 6.07) is 8.06. The van der Waals surface area contributed by atoms with Gasteiger partial charge in [-0.1, -0.05) is 0 Å². The lowest BCUT2D eigenvalue weighted by atomic mass is 10.0. The van der Waals surface area contributed by atoms with Gasteiger partial charge in [-0.25, -0.2) is 0 Å². The number of hydrogen-bond donors (Lipinski definition) is 1. The van der Waals surface area contributed by atoms with E-state index >= 15 is 0 Å². The Bertz CT molecular complexity index is 304. The molecular formula is C13H19NO2. The first-order valence-corrected chi connectivity index (χ1v) is 5.84. The van der Waals surface area contributed by atoms with Crippen LogP contribution in [-0.4, -0.2) is 26.9 Å². The van der Waals surface area contributed by atoms with Gasteiger partial charge in [-0.3, -0.25) is 0 Å². The van der Waals surface area contributed by atoms with Crippen molar-refractivity contribution >= 4 is 5.69 Å². The maximum atomic E-state index is 5.34. The van der Waals surface area contributed by atoms with Crippen molar-refractivity contribution in [1.82, 2.24) is 0 Å². The second-order valence-electron chi connectivity index (χ2n) is 4.17. The molecule has 0 spiro atoms. The van der Waals surface area contributed by atoms with Gasteiger partial charge in [-0.15, -0.1) is 0 Å². The van der Waals surface area contributed by atoms with Crippen LogP contribution in [0.1, 0.15) is 12.8 Å². The first-order chi connectivity index (χ1) is 7.88. The van der Waals surface area contributed by atoms with Gasteiger partial charge in [0.2, 0.25) is 0 Å². The van der Waals surface area contributed by atoms with E-state index in [1.807, 2.05) is 12.1 Å². The highest BCUT2D eigenvalue weighted by molar-refractivity contribution is 5.46. The second kappa shape index (κ2) is 5.75. The molecule has 3 nitrogen and oxygen atoms in total. The molecule has 1 fully saturated rings. The molecule has 1 saturated heterocycles. The first kappa shape index (κ1) is 11.3. The van der Waals surface area contributed by atoms with Crippen molar-refractivity contribution < 1.29 is 9.47 Å². The van der Waals surface area contributed by atoms with Crippen LogP contribution in [0.4, 0.5) is 5.69 Å². The minimum atomic E-state index is 0.746. The van der Waals surface area contributed by atoms with Gasteiger partial charge in [0.25, 0.3) is 0 Å². The van der Waals surface area contributed by atoms with Crippen molar-refractivity contribution in [3.8, 4) is 5.75 Å². The fraction of sp³-hybridized carbons (Fsp3) is 0.538. The monoisotopic (exact) mass is 221 g/mol. The normalized spacial score (nSPS) is 17.1. The van der Waals surface area contributed by atoms with E-state index in [4.69, 9.17) is 9.47 Å². The van der Waals surface area contributed by atoms with Crippen LogP contribution in [0.3, 0.4) is 0 Å². The van der Waals surface area contributed by atoms with Gasteiger partial charge in [-0.2, -0.15) is 0 Å². The van der Waals surface area contributed by atoms with Gasteiger partial charge in [-0.05, 0) is 43.0 Å². The van der Waals surface area contributed by atoms with Crippen LogP contribution < -0.4 is 10.1 Å². The van der Waals surface area contributed by atoms with Crippen LogP contribution in [0.15, 0.2) is 24.3 Å². The molecule has 0 amide bonds. The van der Waals surface area contributed by atoms with Crippen molar-refractivity contribution in [2.75, 3.05) is 32.2 Å². The molecule has 0 aliphatic carbocycles. The van der Waals surface area contributed by atoms with E-state index in [1.54, 1.807) is 7.11 Å². The lowest BCUT2D eigenvalue weighted by Gasteiger charge is -2.22. The number of hydrogen-bond acceptors (Lipinski definition) is 3. The maximum absolute atomic E-state index is 5.34. The zero-order chi connectivity index (χ0) is 11.2. The molecule has 1 N–H and O–H groups in total. The Morgan fingerprint density at radius 1 is 1.25 bits per heavy atom. The van der Waals surface area contributed by atoms with Crippen LogP contribution in [0.5, 0.6) is 5.75 Å². The van der Waals surface area contributed by atoms with E-state index in [2.05, 4.69) is 17.4 Å². The molecule has 0 saturated carbocycles. The van der Waals surface area contributed by atoms with Crippen LogP contribution in [0, 0.1) is 5.92 Å². The predicted octanol–water partition coefficient (Wildman–Crippen LogP) is 2.53. The fourth-order valence-electron chi connectivity index (χ4n) is 1.92. The van der Waals surface area contributed by atoms with Gasteiger partial charge in [0, 0.05) is 25.4 Å². The highest BCUT2D eigenvalue weighted by Crippen LogP contribution is 2.18. The lowest BCUT2D eigenvalue weighted by Crippen LogP contribution is -2.22. The summed E-state index contributed by atoms with van der Waals surface area (Å²) in [7, 11) is 1.68. The molecule has 16 heavy (non-hydrogen) atoms. The van der Waals surface area contributed by atoms with Crippen LogP contribution in [0.2, 0.25) is 0 Å². The van der Waals surface area contributed by atoms with Gasteiger partial charge in [0.15, 0.2) is 0 Å². The van der Waals surface area contributed by atoms with Gasteiger partial charge in [0.1, 0.15) is 5.75 Å². The summed E-state index contributed by atoms with van der Waals surface area (Å²) < 4.78 is 10.5. The summed E-state index contributed by atoms with van der Waals surface area (Å²) in [6.45, 7) is 2.86. The van der Waals surface area contributed by atoms with Crippen LogP contribution >= 0.6 is 0 Å². The number of methoxy groups -OCH3 is 1. The van der Waals surface area contributed by atoms with E-state index in [9.17, 15) is 0 Å². The largest absolute Gasteiger partial charge is 0.497 e. The number of ether oxygens (including phenoxy) is 2. The summed E-state index contributed by atoms with van der Waals surface area (Å²) in [5.74, 6) is 1.65. The minimum Gasteiger partial charge on any atom is -0.497 e. The van der Waals surface area contributed by atoms with E-state index in [0.29, 0.717) is 0 Å². The van der Waals surface area contributed by atoms with Crippen molar-refractivity contribution in [1.29, 1.82) is 0 Å². The fourth-order valence-corrected chi connectivity index (χ4v) is 1.92. The Kier molecular flexibility index (Phi) is 4.05. The Balaban J connectivity index is 1.79. The van der Waals surface area contributed by atoms with E-state index in [1.165, 1.54) is 12.8 Å². The summed E-state index contributed by atoms with van der Waals surface area (Å²) in [4.78, 5) is 0. The standard InChI is InChI=1S/C13H19NO2/c1-15-13-4-2-12(3-5-13)14-10-11-6-8-16-9-7-11/h2-5,11,14H,6-10H2,1H3. The van der Waals surface area contributed by atoms with Crippen molar-refractivity contribution in [3.63, 3.8) is 0 Å². The molecule has 1 aromatic rings. The van der Waals surface area contributed by atoms with E-state index in [0.717, 1.165) is 37.1 Å². The Labute approximate surface area is 96.8 Å². The molecule has 0 aromatic heterocycles. The summed E-state index contributed by atoms with van der Waals surface area (Å²) in [6.07, 6.45) is 2.34. The average Bonchev–Trinajstić information content (AvgIpc) is 2.38. The molecule has 1 heterocycles. The SMILES string of the molecule is COc1ccc(NCC2CCOCC2)cc1.